The van der Waals surface area contributed by atoms with Crippen LogP contribution in [0.1, 0.15) is 22.8 Å². The molecule has 0 aliphatic heterocycles. The standard InChI is InChI=1S/C17H20O4/c1-11-5-7-13(15(9-11)20-3)17(18)12-6-8-14(19-2)16(10-12)21-4/h5-10,17-18H,1-4H3. The van der Waals surface area contributed by atoms with Crippen LogP contribution in [0.2, 0.25) is 0 Å². The summed E-state index contributed by atoms with van der Waals surface area (Å²) in [4.78, 5) is 0. The maximum Gasteiger partial charge on any atom is 0.161 e. The Morgan fingerprint density at radius 1 is 0.810 bits per heavy atom. The summed E-state index contributed by atoms with van der Waals surface area (Å²) in [6.45, 7) is 1.98. The summed E-state index contributed by atoms with van der Waals surface area (Å²) in [5.74, 6) is 1.88. The van der Waals surface area contributed by atoms with Crippen LogP contribution in [0.25, 0.3) is 0 Å². The van der Waals surface area contributed by atoms with E-state index in [1.807, 2.05) is 31.2 Å². The van der Waals surface area contributed by atoms with E-state index < -0.39 is 6.10 Å². The molecule has 0 saturated heterocycles. The van der Waals surface area contributed by atoms with Gasteiger partial charge in [-0.15, -0.1) is 0 Å². The van der Waals surface area contributed by atoms with Gasteiger partial charge in [-0.05, 0) is 36.2 Å². The van der Waals surface area contributed by atoms with Crippen LogP contribution < -0.4 is 14.2 Å². The van der Waals surface area contributed by atoms with Crippen molar-refractivity contribution < 1.29 is 19.3 Å². The van der Waals surface area contributed by atoms with E-state index in [9.17, 15) is 5.11 Å². The molecule has 1 unspecified atom stereocenters. The second-order valence-electron chi connectivity index (χ2n) is 4.76. The van der Waals surface area contributed by atoms with Crippen LogP contribution in [0, 0.1) is 6.92 Å². The lowest BCUT2D eigenvalue weighted by molar-refractivity contribution is 0.214. The van der Waals surface area contributed by atoms with E-state index in [4.69, 9.17) is 14.2 Å². The molecule has 0 saturated carbocycles. The minimum atomic E-state index is -0.791. The molecule has 2 aromatic rings. The Hall–Kier alpha value is -2.20. The first-order valence-corrected chi connectivity index (χ1v) is 6.65. The second-order valence-corrected chi connectivity index (χ2v) is 4.76. The molecular weight excluding hydrogens is 268 g/mol. The summed E-state index contributed by atoms with van der Waals surface area (Å²) >= 11 is 0. The Kier molecular flexibility index (Phi) is 4.70. The third kappa shape index (κ3) is 3.11. The van der Waals surface area contributed by atoms with E-state index in [1.165, 1.54) is 0 Å². The van der Waals surface area contributed by atoms with Crippen molar-refractivity contribution in [1.29, 1.82) is 0 Å². The fourth-order valence-corrected chi connectivity index (χ4v) is 2.25. The molecule has 0 spiro atoms. The molecule has 0 aliphatic rings. The lowest BCUT2D eigenvalue weighted by atomic mass is 9.99. The molecule has 0 heterocycles. The van der Waals surface area contributed by atoms with Gasteiger partial charge in [0.15, 0.2) is 11.5 Å². The Balaban J connectivity index is 2.42. The van der Waals surface area contributed by atoms with Crippen molar-refractivity contribution in [2.75, 3.05) is 21.3 Å². The molecule has 0 aliphatic carbocycles. The molecule has 4 heteroatoms. The number of methoxy groups -OCH3 is 3. The fraction of sp³-hybridized carbons (Fsp3) is 0.294. The molecule has 112 valence electrons. The van der Waals surface area contributed by atoms with E-state index in [0.717, 1.165) is 16.7 Å². The summed E-state index contributed by atoms with van der Waals surface area (Å²) in [6, 6.07) is 11.1. The smallest absolute Gasteiger partial charge is 0.161 e. The molecule has 2 rings (SSSR count). The molecule has 21 heavy (non-hydrogen) atoms. The molecule has 0 fully saturated rings. The fourth-order valence-electron chi connectivity index (χ4n) is 2.25. The third-order valence-electron chi connectivity index (χ3n) is 3.41. The molecule has 0 amide bonds. The first kappa shape index (κ1) is 15.2. The van der Waals surface area contributed by atoms with Crippen molar-refractivity contribution >= 4 is 0 Å². The summed E-state index contributed by atoms with van der Waals surface area (Å²) in [5, 5.41) is 10.6. The van der Waals surface area contributed by atoms with Crippen LogP contribution in [-0.4, -0.2) is 26.4 Å². The van der Waals surface area contributed by atoms with E-state index in [2.05, 4.69) is 0 Å². The maximum absolute atomic E-state index is 10.6. The minimum Gasteiger partial charge on any atom is -0.496 e. The van der Waals surface area contributed by atoms with Gasteiger partial charge in [0.25, 0.3) is 0 Å². The predicted molar refractivity (Wildman–Crippen MR) is 81.3 cm³/mol. The summed E-state index contributed by atoms with van der Waals surface area (Å²) in [5.41, 5.74) is 2.51. The van der Waals surface area contributed by atoms with Crippen molar-refractivity contribution in [2.24, 2.45) is 0 Å². The topological polar surface area (TPSA) is 47.9 Å². The van der Waals surface area contributed by atoms with Gasteiger partial charge in [-0.3, -0.25) is 0 Å². The van der Waals surface area contributed by atoms with Gasteiger partial charge in [0.05, 0.1) is 21.3 Å². The number of aryl methyl sites for hydroxylation is 1. The highest BCUT2D eigenvalue weighted by Crippen LogP contribution is 2.35. The van der Waals surface area contributed by atoms with Gasteiger partial charge in [-0.1, -0.05) is 18.2 Å². The third-order valence-corrected chi connectivity index (χ3v) is 3.41. The number of benzene rings is 2. The van der Waals surface area contributed by atoms with Gasteiger partial charge in [0.2, 0.25) is 0 Å². The van der Waals surface area contributed by atoms with E-state index in [1.54, 1.807) is 33.5 Å². The average Bonchev–Trinajstić information content (AvgIpc) is 2.53. The molecule has 0 radical (unpaired) electrons. The van der Waals surface area contributed by atoms with Gasteiger partial charge in [-0.2, -0.15) is 0 Å². The Morgan fingerprint density at radius 3 is 2.10 bits per heavy atom. The summed E-state index contributed by atoms with van der Waals surface area (Å²) < 4.78 is 15.8. The number of aliphatic hydroxyl groups is 1. The monoisotopic (exact) mass is 288 g/mol. The average molecular weight is 288 g/mol. The SMILES string of the molecule is COc1ccc(C(O)c2ccc(C)cc2OC)cc1OC. The number of aliphatic hydroxyl groups excluding tert-OH is 1. The van der Waals surface area contributed by atoms with Crippen LogP contribution in [0.5, 0.6) is 17.2 Å². The van der Waals surface area contributed by atoms with Crippen LogP contribution in [0.15, 0.2) is 36.4 Å². The molecule has 2 aromatic carbocycles. The molecule has 0 aromatic heterocycles. The van der Waals surface area contributed by atoms with Gasteiger partial charge in [0, 0.05) is 5.56 Å². The zero-order valence-corrected chi connectivity index (χ0v) is 12.7. The molecule has 4 nitrogen and oxygen atoms in total. The van der Waals surface area contributed by atoms with Crippen LogP contribution in [0.3, 0.4) is 0 Å². The second kappa shape index (κ2) is 6.50. The van der Waals surface area contributed by atoms with E-state index in [0.29, 0.717) is 17.2 Å². The van der Waals surface area contributed by atoms with Crippen LogP contribution in [0.4, 0.5) is 0 Å². The van der Waals surface area contributed by atoms with Crippen molar-refractivity contribution in [3.63, 3.8) is 0 Å². The van der Waals surface area contributed by atoms with Crippen molar-refractivity contribution in [1.82, 2.24) is 0 Å². The summed E-state index contributed by atoms with van der Waals surface area (Å²) in [6.07, 6.45) is -0.791. The van der Waals surface area contributed by atoms with E-state index in [-0.39, 0.29) is 0 Å². The summed E-state index contributed by atoms with van der Waals surface area (Å²) in [7, 11) is 4.75. The van der Waals surface area contributed by atoms with Crippen LogP contribution in [-0.2, 0) is 0 Å². The van der Waals surface area contributed by atoms with E-state index >= 15 is 0 Å². The van der Waals surface area contributed by atoms with Crippen LogP contribution >= 0.6 is 0 Å². The highest BCUT2D eigenvalue weighted by molar-refractivity contribution is 5.48. The lowest BCUT2D eigenvalue weighted by Crippen LogP contribution is -2.03. The zero-order valence-electron chi connectivity index (χ0n) is 12.7. The largest absolute Gasteiger partial charge is 0.496 e. The Morgan fingerprint density at radius 2 is 1.48 bits per heavy atom. The van der Waals surface area contributed by atoms with Gasteiger partial charge in [-0.25, -0.2) is 0 Å². The molecule has 0 bridgehead atoms. The number of ether oxygens (including phenoxy) is 3. The van der Waals surface area contributed by atoms with Gasteiger partial charge < -0.3 is 19.3 Å². The maximum atomic E-state index is 10.6. The normalized spacial score (nSPS) is 11.9. The quantitative estimate of drug-likeness (QED) is 0.918. The van der Waals surface area contributed by atoms with Crippen molar-refractivity contribution in [2.45, 2.75) is 13.0 Å². The van der Waals surface area contributed by atoms with Gasteiger partial charge in [0.1, 0.15) is 11.9 Å². The van der Waals surface area contributed by atoms with Crippen molar-refractivity contribution in [3.05, 3.63) is 53.1 Å². The number of hydrogen-bond acceptors (Lipinski definition) is 4. The highest BCUT2D eigenvalue weighted by atomic mass is 16.5. The predicted octanol–water partition coefficient (Wildman–Crippen LogP) is 3.10. The zero-order chi connectivity index (χ0) is 15.4. The number of rotatable bonds is 5. The van der Waals surface area contributed by atoms with Crippen molar-refractivity contribution in [3.8, 4) is 17.2 Å². The minimum absolute atomic E-state index is 0.583. The van der Waals surface area contributed by atoms with Gasteiger partial charge >= 0.3 is 0 Å². The molecular formula is C17H20O4. The molecule has 1 atom stereocenters. The molecule has 1 N–H and O–H groups in total. The number of hydrogen-bond donors (Lipinski definition) is 1. The Bertz CT molecular complexity index is 622. The first-order valence-electron chi connectivity index (χ1n) is 6.65. The Labute approximate surface area is 124 Å². The first-order chi connectivity index (χ1) is 10.1. The highest BCUT2D eigenvalue weighted by Gasteiger charge is 2.17. The lowest BCUT2D eigenvalue weighted by Gasteiger charge is -2.17.